The van der Waals surface area contributed by atoms with Gasteiger partial charge in [-0.1, -0.05) is 18.2 Å². The van der Waals surface area contributed by atoms with Gasteiger partial charge >= 0.3 is 0 Å². The van der Waals surface area contributed by atoms with E-state index < -0.39 is 0 Å². The Labute approximate surface area is 128 Å². The summed E-state index contributed by atoms with van der Waals surface area (Å²) < 4.78 is 8.49. The molecule has 0 unspecified atom stereocenters. The first-order valence-electron chi connectivity index (χ1n) is 5.88. The van der Waals surface area contributed by atoms with Crippen molar-refractivity contribution in [2.45, 2.75) is 6.54 Å². The second kappa shape index (κ2) is 5.25. The van der Waals surface area contributed by atoms with Gasteiger partial charge in [0.05, 0.1) is 21.9 Å². The molecule has 3 rings (SSSR count). The van der Waals surface area contributed by atoms with Crippen LogP contribution in [0.15, 0.2) is 41.1 Å². The van der Waals surface area contributed by atoms with Crippen LogP contribution in [-0.2, 0) is 6.54 Å². The molecule has 102 valence electrons. The van der Waals surface area contributed by atoms with Crippen molar-refractivity contribution in [2.75, 3.05) is 0 Å². The fourth-order valence-electron chi connectivity index (χ4n) is 2.10. The van der Waals surface area contributed by atoms with Crippen molar-refractivity contribution < 1.29 is 9.21 Å². The molecule has 7 heteroatoms. The van der Waals surface area contributed by atoms with Crippen LogP contribution in [0.25, 0.3) is 11.0 Å². The number of fused-ring (bicyclic) bond motifs is 1. The van der Waals surface area contributed by atoms with E-state index in [1.54, 1.807) is 10.9 Å². The molecule has 2 heterocycles. The van der Waals surface area contributed by atoms with Crippen LogP contribution < -0.4 is 11.3 Å². The lowest BCUT2D eigenvalue weighted by atomic mass is 10.1. The van der Waals surface area contributed by atoms with Gasteiger partial charge < -0.3 is 4.42 Å². The number of hydrogen-bond acceptors (Lipinski definition) is 4. The highest BCUT2D eigenvalue weighted by atomic mass is 127. The standard InChI is InChI=1S/C13H11IN4O2/c14-8-5-16-18(6-8)7-11-12(13(19)17-15)9-3-1-2-4-10(9)20-11/h1-6H,7,15H2,(H,17,19). The average molecular weight is 382 g/mol. The Morgan fingerprint density at radius 1 is 1.45 bits per heavy atom. The second-order valence-electron chi connectivity index (χ2n) is 4.23. The number of aromatic nitrogens is 2. The Bertz CT molecular complexity index is 778. The van der Waals surface area contributed by atoms with E-state index in [1.807, 2.05) is 30.5 Å². The van der Waals surface area contributed by atoms with Gasteiger partial charge in [-0.15, -0.1) is 0 Å². The highest BCUT2D eigenvalue weighted by Crippen LogP contribution is 2.26. The lowest BCUT2D eigenvalue weighted by molar-refractivity contribution is 0.0953. The van der Waals surface area contributed by atoms with E-state index >= 15 is 0 Å². The Kier molecular flexibility index (Phi) is 3.45. The van der Waals surface area contributed by atoms with Crippen LogP contribution in [-0.4, -0.2) is 15.7 Å². The number of para-hydroxylation sites is 1. The van der Waals surface area contributed by atoms with Gasteiger partial charge in [-0.3, -0.25) is 14.9 Å². The molecule has 1 amide bonds. The maximum Gasteiger partial charge on any atom is 0.269 e. The van der Waals surface area contributed by atoms with Gasteiger partial charge in [0.1, 0.15) is 11.3 Å². The van der Waals surface area contributed by atoms with Crippen LogP contribution in [0.3, 0.4) is 0 Å². The minimum absolute atomic E-state index is 0.369. The maximum atomic E-state index is 12.0. The first-order valence-corrected chi connectivity index (χ1v) is 6.96. The van der Waals surface area contributed by atoms with Crippen LogP contribution in [0, 0.1) is 3.57 Å². The average Bonchev–Trinajstić information content (AvgIpc) is 3.01. The Hall–Kier alpha value is -1.87. The quantitative estimate of drug-likeness (QED) is 0.314. The zero-order chi connectivity index (χ0) is 14.1. The molecule has 2 aromatic heterocycles. The summed E-state index contributed by atoms with van der Waals surface area (Å²) in [6.07, 6.45) is 3.61. The summed E-state index contributed by atoms with van der Waals surface area (Å²) in [6.45, 7) is 0.375. The van der Waals surface area contributed by atoms with Crippen LogP contribution >= 0.6 is 22.6 Å². The van der Waals surface area contributed by atoms with Gasteiger partial charge in [-0.05, 0) is 28.7 Å². The molecule has 1 aromatic carbocycles. The Morgan fingerprint density at radius 2 is 2.25 bits per heavy atom. The summed E-state index contributed by atoms with van der Waals surface area (Å²) in [5.74, 6) is 5.42. The number of carbonyl (C=O) groups is 1. The topological polar surface area (TPSA) is 86.1 Å². The van der Waals surface area contributed by atoms with Gasteiger partial charge in [-0.25, -0.2) is 5.84 Å². The number of halogens is 1. The highest BCUT2D eigenvalue weighted by Gasteiger charge is 2.20. The van der Waals surface area contributed by atoms with Crippen molar-refractivity contribution in [3.8, 4) is 0 Å². The monoisotopic (exact) mass is 382 g/mol. The molecule has 20 heavy (non-hydrogen) atoms. The van der Waals surface area contributed by atoms with E-state index in [4.69, 9.17) is 10.3 Å². The van der Waals surface area contributed by atoms with Crippen molar-refractivity contribution in [3.05, 3.63) is 51.6 Å². The first kappa shape index (κ1) is 13.1. The molecular weight excluding hydrogens is 371 g/mol. The lowest BCUT2D eigenvalue weighted by Crippen LogP contribution is -2.30. The van der Waals surface area contributed by atoms with Gasteiger partial charge in [0.2, 0.25) is 0 Å². The Morgan fingerprint density at radius 3 is 2.95 bits per heavy atom. The number of carbonyl (C=O) groups excluding carboxylic acids is 1. The third-order valence-electron chi connectivity index (χ3n) is 2.93. The number of rotatable bonds is 3. The van der Waals surface area contributed by atoms with Crippen LogP contribution in [0.1, 0.15) is 16.1 Å². The molecule has 0 aliphatic heterocycles. The third-order valence-corrected chi connectivity index (χ3v) is 3.49. The predicted octanol–water partition coefficient (Wildman–Crippen LogP) is 1.89. The molecule has 0 radical (unpaired) electrons. The smallest absolute Gasteiger partial charge is 0.269 e. The summed E-state index contributed by atoms with van der Waals surface area (Å²) >= 11 is 2.17. The number of benzene rings is 1. The molecule has 0 atom stereocenters. The molecule has 3 N–H and O–H groups in total. The minimum atomic E-state index is -0.369. The predicted molar refractivity (Wildman–Crippen MR) is 81.9 cm³/mol. The van der Waals surface area contributed by atoms with E-state index in [1.165, 1.54) is 0 Å². The molecule has 0 saturated carbocycles. The third kappa shape index (κ3) is 2.29. The van der Waals surface area contributed by atoms with Crippen LogP contribution in [0.2, 0.25) is 0 Å². The summed E-state index contributed by atoms with van der Waals surface area (Å²) in [5, 5.41) is 4.94. The molecule has 6 nitrogen and oxygen atoms in total. The van der Waals surface area contributed by atoms with Crippen molar-refractivity contribution in [1.82, 2.24) is 15.2 Å². The molecule has 0 bridgehead atoms. The summed E-state index contributed by atoms with van der Waals surface area (Å²) in [4.78, 5) is 12.0. The van der Waals surface area contributed by atoms with E-state index in [0.717, 1.165) is 8.96 Å². The zero-order valence-corrected chi connectivity index (χ0v) is 12.5. The number of hydrogen-bond donors (Lipinski definition) is 2. The maximum absolute atomic E-state index is 12.0. The zero-order valence-electron chi connectivity index (χ0n) is 10.3. The first-order chi connectivity index (χ1) is 9.69. The number of nitrogen functional groups attached to an aromatic ring is 1. The number of hydrazine groups is 1. The van der Waals surface area contributed by atoms with Gasteiger partial charge in [-0.2, -0.15) is 5.10 Å². The number of nitrogens with one attached hydrogen (secondary N) is 1. The molecule has 0 aliphatic carbocycles. The minimum Gasteiger partial charge on any atom is -0.458 e. The van der Waals surface area contributed by atoms with Gasteiger partial charge in [0, 0.05) is 11.6 Å². The molecule has 0 aliphatic rings. The van der Waals surface area contributed by atoms with Crippen molar-refractivity contribution in [2.24, 2.45) is 5.84 Å². The molecule has 0 saturated heterocycles. The largest absolute Gasteiger partial charge is 0.458 e. The number of furan rings is 1. The summed E-state index contributed by atoms with van der Waals surface area (Å²) in [7, 11) is 0. The van der Waals surface area contributed by atoms with Gasteiger partial charge in [0.25, 0.3) is 5.91 Å². The second-order valence-corrected chi connectivity index (χ2v) is 5.47. The van der Waals surface area contributed by atoms with E-state index in [-0.39, 0.29) is 5.91 Å². The molecule has 3 aromatic rings. The van der Waals surface area contributed by atoms with Gasteiger partial charge in [0.15, 0.2) is 0 Å². The fraction of sp³-hybridized carbons (Fsp3) is 0.0769. The van der Waals surface area contributed by atoms with E-state index in [2.05, 4.69) is 33.1 Å². The number of amides is 1. The summed E-state index contributed by atoms with van der Waals surface area (Å²) in [6, 6.07) is 7.36. The van der Waals surface area contributed by atoms with Crippen molar-refractivity contribution in [3.63, 3.8) is 0 Å². The van der Waals surface area contributed by atoms with E-state index in [0.29, 0.717) is 23.5 Å². The summed E-state index contributed by atoms with van der Waals surface area (Å²) in [5.41, 5.74) is 3.27. The van der Waals surface area contributed by atoms with E-state index in [9.17, 15) is 4.79 Å². The van der Waals surface area contributed by atoms with Crippen LogP contribution in [0.4, 0.5) is 0 Å². The van der Waals surface area contributed by atoms with Crippen molar-refractivity contribution in [1.29, 1.82) is 0 Å². The molecular formula is C13H11IN4O2. The van der Waals surface area contributed by atoms with Crippen LogP contribution in [0.5, 0.6) is 0 Å². The molecule has 0 fully saturated rings. The van der Waals surface area contributed by atoms with Crippen molar-refractivity contribution >= 4 is 39.5 Å². The SMILES string of the molecule is NNC(=O)c1c(Cn2cc(I)cn2)oc2ccccc12. The number of nitrogens with zero attached hydrogens (tertiary/aromatic N) is 2. The Balaban J connectivity index is 2.11. The number of nitrogens with two attached hydrogens (primary N) is 1. The normalized spacial score (nSPS) is 10.9. The highest BCUT2D eigenvalue weighted by molar-refractivity contribution is 14.1. The fourth-order valence-corrected chi connectivity index (χ4v) is 2.55. The molecule has 0 spiro atoms. The lowest BCUT2D eigenvalue weighted by Gasteiger charge is -2.02.